The summed E-state index contributed by atoms with van der Waals surface area (Å²) in [5.74, 6) is 0.769. The van der Waals surface area contributed by atoms with Crippen molar-refractivity contribution in [3.8, 4) is 11.5 Å². The van der Waals surface area contributed by atoms with Crippen LogP contribution in [0, 0.1) is 10.1 Å². The van der Waals surface area contributed by atoms with Crippen molar-refractivity contribution in [2.45, 2.75) is 30.2 Å². The lowest BCUT2D eigenvalue weighted by atomic mass is 9.87. The molecule has 0 aliphatic carbocycles. The van der Waals surface area contributed by atoms with E-state index in [-0.39, 0.29) is 12.2 Å². The highest BCUT2D eigenvalue weighted by atomic mass is 35.5. The zero-order valence-electron chi connectivity index (χ0n) is 17.2. The van der Waals surface area contributed by atoms with E-state index in [0.29, 0.717) is 23.5 Å². The third kappa shape index (κ3) is 3.83. The van der Waals surface area contributed by atoms with E-state index in [1.54, 1.807) is 42.5 Å². The number of fused-ring (bicyclic) bond motifs is 1. The minimum atomic E-state index is -2.34. The fourth-order valence-electron chi connectivity index (χ4n) is 3.88. The first-order valence-electron chi connectivity index (χ1n) is 10.1. The molecular formula is C25H22ClNO5. The Bertz CT molecular complexity index is 1140. The molecule has 0 amide bonds. The summed E-state index contributed by atoms with van der Waals surface area (Å²) in [7, 11) is 0. The Morgan fingerprint density at radius 2 is 1.78 bits per heavy atom. The lowest BCUT2D eigenvalue weighted by Gasteiger charge is -2.38. The number of alkyl halides is 1. The second-order valence-electron chi connectivity index (χ2n) is 7.53. The predicted octanol–water partition coefficient (Wildman–Crippen LogP) is 5.37. The van der Waals surface area contributed by atoms with Gasteiger partial charge in [-0.25, -0.2) is 0 Å². The van der Waals surface area contributed by atoms with Crippen molar-refractivity contribution in [3.05, 3.63) is 118 Å². The Labute approximate surface area is 190 Å². The standard InChI is InChI=1S/C25H22ClNO5/c1-2-9-18-12-8-14-20-22(18)32-24(25(26,23(20)28)27(29)30)19-13-6-7-15-21(19)31-16-17-10-4-3-5-11-17/h2-8,10-15,23-24,28H,1,9,16H2/t23-,24-,25+/m0/s1. The van der Waals surface area contributed by atoms with Crippen LogP contribution >= 0.6 is 11.6 Å². The highest BCUT2D eigenvalue weighted by molar-refractivity contribution is 6.23. The van der Waals surface area contributed by atoms with E-state index in [1.807, 2.05) is 36.4 Å². The maximum Gasteiger partial charge on any atom is 0.365 e. The number of allylic oxidation sites excluding steroid dienone is 1. The number of benzene rings is 3. The minimum Gasteiger partial charge on any atom is -0.488 e. The number of nitro groups is 1. The molecule has 0 saturated heterocycles. The minimum absolute atomic E-state index is 0.263. The van der Waals surface area contributed by atoms with Crippen molar-refractivity contribution in [3.63, 3.8) is 0 Å². The fraction of sp³-hybridized carbons (Fsp3) is 0.200. The molecule has 0 unspecified atom stereocenters. The van der Waals surface area contributed by atoms with Crippen LogP contribution in [0.15, 0.2) is 85.5 Å². The van der Waals surface area contributed by atoms with Crippen molar-refractivity contribution in [1.82, 2.24) is 0 Å². The van der Waals surface area contributed by atoms with E-state index < -0.39 is 22.1 Å². The second kappa shape index (κ2) is 9.02. The van der Waals surface area contributed by atoms with Gasteiger partial charge in [0.1, 0.15) is 18.1 Å². The number of ether oxygens (including phenoxy) is 2. The molecule has 3 aromatic rings. The van der Waals surface area contributed by atoms with E-state index in [9.17, 15) is 15.2 Å². The normalized spacial score (nSPS) is 21.8. The van der Waals surface area contributed by atoms with Crippen molar-refractivity contribution in [1.29, 1.82) is 0 Å². The van der Waals surface area contributed by atoms with Gasteiger partial charge in [0.2, 0.25) is 6.10 Å². The van der Waals surface area contributed by atoms with Crippen molar-refractivity contribution < 1.29 is 19.5 Å². The molecule has 6 nitrogen and oxygen atoms in total. The van der Waals surface area contributed by atoms with Gasteiger partial charge in [-0.1, -0.05) is 72.8 Å². The summed E-state index contributed by atoms with van der Waals surface area (Å²) in [5, 5.41) is 23.2. The molecule has 32 heavy (non-hydrogen) atoms. The van der Waals surface area contributed by atoms with Crippen LogP contribution < -0.4 is 9.47 Å². The number of para-hydroxylation sites is 2. The maximum atomic E-state index is 12.2. The first kappa shape index (κ1) is 21.9. The van der Waals surface area contributed by atoms with E-state index in [1.165, 1.54) is 0 Å². The summed E-state index contributed by atoms with van der Waals surface area (Å²) >= 11 is 6.56. The van der Waals surface area contributed by atoms with Gasteiger partial charge in [0.25, 0.3) is 0 Å². The van der Waals surface area contributed by atoms with E-state index in [2.05, 4.69) is 6.58 Å². The van der Waals surface area contributed by atoms with Gasteiger partial charge in [-0.2, -0.15) is 0 Å². The number of hydrogen-bond donors (Lipinski definition) is 1. The number of nitrogens with zero attached hydrogens (tertiary/aromatic N) is 1. The maximum absolute atomic E-state index is 12.2. The average molecular weight is 452 g/mol. The van der Waals surface area contributed by atoms with Crippen LogP contribution in [-0.2, 0) is 13.0 Å². The van der Waals surface area contributed by atoms with Gasteiger partial charge in [0.05, 0.1) is 4.92 Å². The van der Waals surface area contributed by atoms with Crippen LogP contribution in [0.3, 0.4) is 0 Å². The summed E-state index contributed by atoms with van der Waals surface area (Å²) in [6.45, 7) is 4.02. The van der Waals surface area contributed by atoms with E-state index in [0.717, 1.165) is 11.1 Å². The number of aliphatic hydroxyl groups is 1. The van der Waals surface area contributed by atoms with Crippen LogP contribution in [0.5, 0.6) is 11.5 Å². The highest BCUT2D eigenvalue weighted by Crippen LogP contribution is 2.53. The Morgan fingerprint density at radius 1 is 1.09 bits per heavy atom. The molecule has 3 atom stereocenters. The molecule has 7 heteroatoms. The lowest BCUT2D eigenvalue weighted by Crippen LogP contribution is -2.49. The Balaban J connectivity index is 1.78. The molecule has 0 spiro atoms. The van der Waals surface area contributed by atoms with Crippen LogP contribution in [0.25, 0.3) is 0 Å². The first-order chi connectivity index (χ1) is 15.5. The van der Waals surface area contributed by atoms with Crippen molar-refractivity contribution in [2.75, 3.05) is 0 Å². The summed E-state index contributed by atoms with van der Waals surface area (Å²) < 4.78 is 12.2. The number of halogens is 1. The van der Waals surface area contributed by atoms with Gasteiger partial charge in [-0.3, -0.25) is 10.1 Å². The van der Waals surface area contributed by atoms with Gasteiger partial charge in [0, 0.05) is 11.1 Å². The molecule has 3 aromatic carbocycles. The number of aliphatic hydroxyl groups excluding tert-OH is 1. The zero-order valence-corrected chi connectivity index (χ0v) is 17.9. The third-order valence-corrected chi connectivity index (χ3v) is 6.03. The van der Waals surface area contributed by atoms with Crippen molar-refractivity contribution >= 4 is 11.6 Å². The first-order valence-corrected chi connectivity index (χ1v) is 10.5. The van der Waals surface area contributed by atoms with Gasteiger partial charge in [0.15, 0.2) is 6.10 Å². The molecule has 1 heterocycles. The zero-order chi connectivity index (χ0) is 22.7. The van der Waals surface area contributed by atoms with E-state index >= 15 is 0 Å². The van der Waals surface area contributed by atoms with Crippen LogP contribution in [0.4, 0.5) is 0 Å². The molecule has 0 fully saturated rings. The monoisotopic (exact) mass is 451 g/mol. The smallest absolute Gasteiger partial charge is 0.365 e. The Hall–Kier alpha value is -3.35. The van der Waals surface area contributed by atoms with Crippen LogP contribution in [-0.4, -0.2) is 15.0 Å². The summed E-state index contributed by atoms with van der Waals surface area (Å²) in [6.07, 6.45) is -0.713. The SMILES string of the molecule is C=CCc1cccc2c1O[C@@H](c1ccccc1OCc1ccccc1)[C@](Cl)([N+](=O)[O-])[C@H]2O. The van der Waals surface area contributed by atoms with Crippen LogP contribution in [0.2, 0.25) is 0 Å². The van der Waals surface area contributed by atoms with Crippen molar-refractivity contribution in [2.24, 2.45) is 0 Å². The molecular weight excluding hydrogens is 430 g/mol. The quantitative estimate of drug-likeness (QED) is 0.171. The molecule has 1 aliphatic rings. The molecule has 0 radical (unpaired) electrons. The largest absolute Gasteiger partial charge is 0.488 e. The molecule has 164 valence electrons. The van der Waals surface area contributed by atoms with Gasteiger partial charge >= 0.3 is 5.00 Å². The molecule has 4 rings (SSSR count). The lowest BCUT2D eigenvalue weighted by molar-refractivity contribution is -0.570. The Morgan fingerprint density at radius 3 is 2.50 bits per heavy atom. The molecule has 0 saturated carbocycles. The summed E-state index contributed by atoms with van der Waals surface area (Å²) in [5.41, 5.74) is 2.35. The predicted molar refractivity (Wildman–Crippen MR) is 121 cm³/mol. The number of rotatable bonds is 7. The van der Waals surface area contributed by atoms with Gasteiger partial charge < -0.3 is 14.6 Å². The van der Waals surface area contributed by atoms with Gasteiger partial charge in [-0.15, -0.1) is 6.58 Å². The molecule has 0 aromatic heterocycles. The second-order valence-corrected chi connectivity index (χ2v) is 8.13. The summed E-state index contributed by atoms with van der Waals surface area (Å²) in [6, 6.07) is 21.5. The fourth-order valence-corrected chi connectivity index (χ4v) is 4.16. The van der Waals surface area contributed by atoms with Gasteiger partial charge in [-0.05, 0) is 35.2 Å². The molecule has 0 bridgehead atoms. The number of hydrogen-bond acceptors (Lipinski definition) is 5. The average Bonchev–Trinajstić information content (AvgIpc) is 2.81. The third-order valence-electron chi connectivity index (χ3n) is 5.49. The summed E-state index contributed by atoms with van der Waals surface area (Å²) in [4.78, 5) is 9.12. The topological polar surface area (TPSA) is 81.8 Å². The van der Waals surface area contributed by atoms with E-state index in [4.69, 9.17) is 21.1 Å². The van der Waals surface area contributed by atoms with Crippen LogP contribution in [0.1, 0.15) is 34.5 Å². The molecule has 1 aliphatic heterocycles. The Kier molecular flexibility index (Phi) is 6.17. The molecule has 1 N–H and O–H groups in total. The highest BCUT2D eigenvalue weighted by Gasteiger charge is 2.62.